The van der Waals surface area contributed by atoms with Gasteiger partial charge in [0.25, 0.3) is 5.91 Å². The first-order valence-corrected chi connectivity index (χ1v) is 8.65. The Bertz CT molecular complexity index is 688. The normalized spacial score (nSPS) is 18.2. The molecule has 0 spiro atoms. The van der Waals surface area contributed by atoms with Crippen molar-refractivity contribution in [1.29, 1.82) is 0 Å². The second-order valence-electron chi connectivity index (χ2n) is 5.63. The first kappa shape index (κ1) is 16.0. The van der Waals surface area contributed by atoms with Crippen molar-refractivity contribution in [3.05, 3.63) is 41.5 Å². The maximum absolute atomic E-state index is 12.8. The van der Waals surface area contributed by atoms with E-state index in [0.717, 1.165) is 30.1 Å². The van der Waals surface area contributed by atoms with Crippen LogP contribution in [0.1, 0.15) is 29.0 Å². The van der Waals surface area contributed by atoms with Gasteiger partial charge in [-0.1, -0.05) is 17.3 Å². The smallest absolute Gasteiger partial charge is 0.255 e. The van der Waals surface area contributed by atoms with Crippen LogP contribution in [0.5, 0.6) is 0 Å². The number of aromatic nitrogens is 2. The van der Waals surface area contributed by atoms with Gasteiger partial charge >= 0.3 is 0 Å². The Morgan fingerprint density at radius 2 is 2.30 bits per heavy atom. The van der Waals surface area contributed by atoms with E-state index in [1.807, 2.05) is 29.2 Å². The van der Waals surface area contributed by atoms with Crippen molar-refractivity contribution in [3.8, 4) is 0 Å². The molecule has 0 radical (unpaired) electrons. The maximum Gasteiger partial charge on any atom is 0.255 e. The number of hydrogen-bond donors (Lipinski definition) is 1. The molecule has 0 aliphatic carbocycles. The van der Waals surface area contributed by atoms with Gasteiger partial charge in [0.2, 0.25) is 5.89 Å². The van der Waals surface area contributed by atoms with Gasteiger partial charge < -0.3 is 14.7 Å². The zero-order valence-electron chi connectivity index (χ0n) is 13.3. The second-order valence-corrected chi connectivity index (χ2v) is 6.64. The number of nitrogens with one attached hydrogen (secondary N) is 1. The molecule has 1 aliphatic rings. The van der Waals surface area contributed by atoms with Crippen LogP contribution in [0, 0.1) is 6.92 Å². The first-order chi connectivity index (χ1) is 11.1. The summed E-state index contributed by atoms with van der Waals surface area (Å²) in [6.45, 7) is 6.20. The number of aryl methyl sites for hydroxylation is 1. The van der Waals surface area contributed by atoms with Crippen molar-refractivity contribution in [2.24, 2.45) is 0 Å². The molecule has 1 fully saturated rings. The monoisotopic (exact) mass is 332 g/mol. The zero-order chi connectivity index (χ0) is 16.2. The van der Waals surface area contributed by atoms with E-state index < -0.39 is 0 Å². The van der Waals surface area contributed by atoms with Crippen molar-refractivity contribution in [2.45, 2.75) is 30.5 Å². The number of carbonyl (C=O) groups is 1. The highest BCUT2D eigenvalue weighted by atomic mass is 32.2. The zero-order valence-corrected chi connectivity index (χ0v) is 14.1. The molecule has 6 nitrogen and oxygen atoms in total. The number of amides is 1. The summed E-state index contributed by atoms with van der Waals surface area (Å²) in [5.74, 6) is 1.84. The number of piperazine rings is 1. The van der Waals surface area contributed by atoms with Crippen LogP contribution in [-0.2, 0) is 5.75 Å². The van der Waals surface area contributed by atoms with Gasteiger partial charge in [-0.25, -0.2) is 0 Å². The lowest BCUT2D eigenvalue weighted by Gasteiger charge is -2.32. The highest BCUT2D eigenvalue weighted by Gasteiger charge is 2.23. The second kappa shape index (κ2) is 7.14. The number of nitrogens with zero attached hydrogens (tertiary/aromatic N) is 3. The Kier molecular flexibility index (Phi) is 4.97. The van der Waals surface area contributed by atoms with Gasteiger partial charge in [0.15, 0.2) is 5.82 Å². The van der Waals surface area contributed by atoms with E-state index in [2.05, 4.69) is 22.4 Å². The fourth-order valence-corrected chi connectivity index (χ4v) is 3.48. The van der Waals surface area contributed by atoms with Crippen molar-refractivity contribution >= 4 is 17.7 Å². The van der Waals surface area contributed by atoms with E-state index in [4.69, 9.17) is 4.52 Å². The lowest BCUT2D eigenvalue weighted by Crippen LogP contribution is -2.51. The summed E-state index contributed by atoms with van der Waals surface area (Å²) < 4.78 is 5.13. The molecule has 1 unspecified atom stereocenters. The topological polar surface area (TPSA) is 71.3 Å². The fraction of sp³-hybridized carbons (Fsp3) is 0.438. The van der Waals surface area contributed by atoms with E-state index in [1.54, 1.807) is 18.7 Å². The molecule has 23 heavy (non-hydrogen) atoms. The summed E-state index contributed by atoms with van der Waals surface area (Å²) >= 11 is 1.55. The summed E-state index contributed by atoms with van der Waals surface area (Å²) in [6.07, 6.45) is 0. The summed E-state index contributed by atoms with van der Waals surface area (Å²) in [4.78, 5) is 19.9. The average molecular weight is 332 g/mol. The molecule has 0 saturated carbocycles. The van der Waals surface area contributed by atoms with Crippen molar-refractivity contribution in [2.75, 3.05) is 19.6 Å². The minimum atomic E-state index is 0.0863. The van der Waals surface area contributed by atoms with Crippen LogP contribution in [0.2, 0.25) is 0 Å². The molecular formula is C16H20N4O2S. The van der Waals surface area contributed by atoms with Crippen molar-refractivity contribution in [1.82, 2.24) is 20.4 Å². The maximum atomic E-state index is 12.8. The molecule has 2 heterocycles. The van der Waals surface area contributed by atoms with Crippen LogP contribution in [0.3, 0.4) is 0 Å². The van der Waals surface area contributed by atoms with Gasteiger partial charge in [0.05, 0.1) is 11.3 Å². The molecule has 1 amide bonds. The van der Waals surface area contributed by atoms with E-state index in [1.165, 1.54) is 0 Å². The largest absolute Gasteiger partial charge is 0.338 e. The fourth-order valence-electron chi connectivity index (χ4n) is 2.59. The number of benzene rings is 1. The van der Waals surface area contributed by atoms with E-state index in [9.17, 15) is 4.79 Å². The number of carbonyl (C=O) groups excluding carboxylic acids is 1. The van der Waals surface area contributed by atoms with Gasteiger partial charge in [0, 0.05) is 30.6 Å². The highest BCUT2D eigenvalue weighted by molar-refractivity contribution is 7.98. The van der Waals surface area contributed by atoms with Crippen LogP contribution in [-0.4, -0.2) is 46.6 Å². The highest BCUT2D eigenvalue weighted by Crippen LogP contribution is 2.27. The van der Waals surface area contributed by atoms with E-state index >= 15 is 0 Å². The minimum Gasteiger partial charge on any atom is -0.338 e. The Balaban J connectivity index is 1.73. The molecule has 3 rings (SSSR count). The minimum absolute atomic E-state index is 0.0863. The Morgan fingerprint density at radius 1 is 1.48 bits per heavy atom. The van der Waals surface area contributed by atoms with E-state index in [-0.39, 0.29) is 5.91 Å². The van der Waals surface area contributed by atoms with Crippen molar-refractivity contribution in [3.63, 3.8) is 0 Å². The van der Waals surface area contributed by atoms with Crippen LogP contribution in [0.15, 0.2) is 33.7 Å². The standard InChI is InChI=1S/C16H20N4O2S/c1-11-9-20(8-7-17-11)16(21)13-5-3-4-6-14(13)23-10-15-18-12(2)19-22-15/h3-6,11,17H,7-10H2,1-2H3. The molecule has 1 N–H and O–H groups in total. The molecule has 1 aliphatic heterocycles. The lowest BCUT2D eigenvalue weighted by molar-refractivity contribution is 0.0705. The van der Waals surface area contributed by atoms with Gasteiger partial charge in [-0.3, -0.25) is 4.79 Å². The average Bonchev–Trinajstić information content (AvgIpc) is 2.98. The third kappa shape index (κ3) is 3.92. The SMILES string of the molecule is Cc1noc(CSc2ccccc2C(=O)N2CCNC(C)C2)n1. The van der Waals surface area contributed by atoms with Crippen molar-refractivity contribution < 1.29 is 9.32 Å². The van der Waals surface area contributed by atoms with E-state index in [0.29, 0.717) is 23.5 Å². The third-order valence-electron chi connectivity index (χ3n) is 3.69. The predicted molar refractivity (Wildman–Crippen MR) is 88.4 cm³/mol. The quantitative estimate of drug-likeness (QED) is 0.865. The molecule has 1 saturated heterocycles. The Morgan fingerprint density at radius 3 is 3.04 bits per heavy atom. The third-order valence-corrected chi connectivity index (χ3v) is 4.75. The molecule has 7 heteroatoms. The summed E-state index contributed by atoms with van der Waals surface area (Å²) in [5, 5.41) is 7.14. The molecule has 1 aromatic carbocycles. The number of thioether (sulfide) groups is 1. The van der Waals surface area contributed by atoms with Gasteiger partial charge in [0.1, 0.15) is 0 Å². The molecule has 1 aromatic heterocycles. The number of hydrogen-bond acceptors (Lipinski definition) is 6. The van der Waals surface area contributed by atoms with Crippen LogP contribution in [0.4, 0.5) is 0 Å². The molecule has 122 valence electrons. The molecular weight excluding hydrogens is 312 g/mol. The summed E-state index contributed by atoms with van der Waals surface area (Å²) in [7, 11) is 0. The molecule has 2 aromatic rings. The lowest BCUT2D eigenvalue weighted by atomic mass is 10.1. The Hall–Kier alpha value is -1.86. The first-order valence-electron chi connectivity index (χ1n) is 7.67. The summed E-state index contributed by atoms with van der Waals surface area (Å²) in [5.41, 5.74) is 0.739. The number of rotatable bonds is 4. The molecule has 0 bridgehead atoms. The van der Waals surface area contributed by atoms with Gasteiger partial charge in [-0.05, 0) is 26.0 Å². The van der Waals surface area contributed by atoms with Gasteiger partial charge in [-0.15, -0.1) is 11.8 Å². The molecule has 1 atom stereocenters. The predicted octanol–water partition coefficient (Wildman–Crippen LogP) is 2.10. The van der Waals surface area contributed by atoms with Crippen LogP contribution in [0.25, 0.3) is 0 Å². The van der Waals surface area contributed by atoms with Crippen LogP contribution < -0.4 is 5.32 Å². The summed E-state index contributed by atoms with van der Waals surface area (Å²) in [6, 6.07) is 8.02. The Labute approximate surface area is 139 Å². The van der Waals surface area contributed by atoms with Gasteiger partial charge in [-0.2, -0.15) is 4.98 Å². The van der Waals surface area contributed by atoms with Crippen LogP contribution >= 0.6 is 11.8 Å².